The van der Waals surface area contributed by atoms with E-state index in [0.717, 1.165) is 0 Å². The molecule has 0 bridgehead atoms. The molecule has 0 saturated heterocycles. The van der Waals surface area contributed by atoms with Crippen LogP contribution in [0.4, 0.5) is 4.39 Å². The van der Waals surface area contributed by atoms with Crippen LogP contribution in [0.15, 0.2) is 65.7 Å². The lowest BCUT2D eigenvalue weighted by Crippen LogP contribution is -2.28. The predicted molar refractivity (Wildman–Crippen MR) is 93.8 cm³/mol. The minimum atomic E-state index is -0.453. The lowest BCUT2D eigenvalue weighted by Gasteiger charge is -2.08. The van der Waals surface area contributed by atoms with Crippen LogP contribution in [-0.2, 0) is 4.79 Å². The lowest BCUT2D eigenvalue weighted by atomic mass is 10.2. The monoisotopic (exact) mass is 353 g/mol. The highest BCUT2D eigenvalue weighted by Crippen LogP contribution is 2.30. The Morgan fingerprint density at radius 1 is 1.19 bits per heavy atom. The minimum Gasteiger partial charge on any atom is -0.483 e. The topological polar surface area (TPSA) is 77.2 Å². The molecule has 0 atom stereocenters. The van der Waals surface area contributed by atoms with Crippen molar-refractivity contribution in [3.05, 3.63) is 67.0 Å². The first-order valence-electron chi connectivity index (χ1n) is 7.87. The largest absolute Gasteiger partial charge is 0.483 e. The molecule has 3 aromatic rings. The van der Waals surface area contributed by atoms with Crippen molar-refractivity contribution >= 4 is 5.91 Å². The molecule has 0 saturated carbocycles. The minimum absolute atomic E-state index is 0.0663. The molecule has 0 radical (unpaired) electrons. The first-order chi connectivity index (χ1) is 12.7. The number of nitrogens with zero attached hydrogens (tertiary/aromatic N) is 2. The second-order valence-corrected chi connectivity index (χ2v) is 5.28. The Morgan fingerprint density at radius 2 is 1.92 bits per heavy atom. The highest BCUT2D eigenvalue weighted by Gasteiger charge is 2.17. The number of carbonyl (C=O) groups excluding carboxylic acids is 1. The number of nitrogens with one attached hydrogen (secondary N) is 1. The Labute approximate surface area is 149 Å². The van der Waals surface area contributed by atoms with Gasteiger partial charge in [0, 0.05) is 6.54 Å². The standard InChI is InChI=1S/C19H16FN3O3/c1-2-11-21-17(24)12-25-16-10-6-4-8-14(16)18-22-19(26-23-18)13-7-3-5-9-15(13)20/h2-10H,1,11-12H2,(H,21,24). The van der Waals surface area contributed by atoms with Crippen LogP contribution in [0.25, 0.3) is 22.8 Å². The smallest absolute Gasteiger partial charge is 0.261 e. The number of carbonyl (C=O) groups is 1. The second-order valence-electron chi connectivity index (χ2n) is 5.28. The van der Waals surface area contributed by atoms with Gasteiger partial charge in [0.25, 0.3) is 11.8 Å². The molecule has 0 fully saturated rings. The van der Waals surface area contributed by atoms with Gasteiger partial charge in [0.15, 0.2) is 6.61 Å². The van der Waals surface area contributed by atoms with Crippen molar-refractivity contribution in [2.75, 3.05) is 13.2 Å². The molecule has 0 unspecified atom stereocenters. The van der Waals surface area contributed by atoms with Crippen LogP contribution in [0.3, 0.4) is 0 Å². The highest BCUT2D eigenvalue weighted by molar-refractivity contribution is 5.78. The number of para-hydroxylation sites is 1. The summed E-state index contributed by atoms with van der Waals surface area (Å²) < 4.78 is 24.6. The van der Waals surface area contributed by atoms with E-state index in [1.165, 1.54) is 6.07 Å². The number of hydrogen-bond donors (Lipinski definition) is 1. The van der Waals surface area contributed by atoms with Crippen molar-refractivity contribution in [2.45, 2.75) is 0 Å². The molecule has 3 rings (SSSR count). The Morgan fingerprint density at radius 3 is 2.69 bits per heavy atom. The van der Waals surface area contributed by atoms with Gasteiger partial charge >= 0.3 is 0 Å². The maximum atomic E-state index is 13.9. The lowest BCUT2D eigenvalue weighted by molar-refractivity contribution is -0.122. The van der Waals surface area contributed by atoms with Gasteiger partial charge in [-0.05, 0) is 24.3 Å². The van der Waals surface area contributed by atoms with E-state index in [9.17, 15) is 9.18 Å². The Bertz CT molecular complexity index is 924. The van der Waals surface area contributed by atoms with Crippen molar-refractivity contribution in [1.82, 2.24) is 15.5 Å². The molecule has 1 aromatic heterocycles. The zero-order valence-corrected chi connectivity index (χ0v) is 13.8. The van der Waals surface area contributed by atoms with Gasteiger partial charge in [0.2, 0.25) is 5.82 Å². The molecule has 1 amide bonds. The second kappa shape index (κ2) is 8.06. The third-order valence-electron chi connectivity index (χ3n) is 3.46. The van der Waals surface area contributed by atoms with E-state index in [4.69, 9.17) is 9.26 Å². The first-order valence-corrected chi connectivity index (χ1v) is 7.87. The molecule has 132 valence electrons. The Balaban J connectivity index is 1.81. The molecule has 0 aliphatic rings. The summed E-state index contributed by atoms with van der Waals surface area (Å²) in [7, 11) is 0. The maximum absolute atomic E-state index is 13.9. The predicted octanol–water partition coefficient (Wildman–Crippen LogP) is 3.22. The first kappa shape index (κ1) is 17.3. The zero-order chi connectivity index (χ0) is 18.4. The summed E-state index contributed by atoms with van der Waals surface area (Å²) in [6, 6.07) is 13.1. The summed E-state index contributed by atoms with van der Waals surface area (Å²) in [5.41, 5.74) is 0.754. The molecule has 2 aromatic carbocycles. The van der Waals surface area contributed by atoms with Gasteiger partial charge < -0.3 is 14.6 Å². The number of ether oxygens (including phenoxy) is 1. The van der Waals surface area contributed by atoms with Crippen LogP contribution < -0.4 is 10.1 Å². The van der Waals surface area contributed by atoms with Gasteiger partial charge in [-0.3, -0.25) is 4.79 Å². The van der Waals surface area contributed by atoms with Crippen molar-refractivity contribution in [1.29, 1.82) is 0 Å². The number of rotatable bonds is 7. The van der Waals surface area contributed by atoms with E-state index in [-0.39, 0.29) is 29.8 Å². The van der Waals surface area contributed by atoms with Gasteiger partial charge in [0.1, 0.15) is 11.6 Å². The molecular weight excluding hydrogens is 337 g/mol. The van der Waals surface area contributed by atoms with Gasteiger partial charge in [0.05, 0.1) is 11.1 Å². The van der Waals surface area contributed by atoms with E-state index in [0.29, 0.717) is 17.9 Å². The molecule has 0 aliphatic heterocycles. The summed E-state index contributed by atoms with van der Waals surface area (Å²) in [6.45, 7) is 3.73. The summed E-state index contributed by atoms with van der Waals surface area (Å²) in [5.74, 6) is -0.00453. The van der Waals surface area contributed by atoms with E-state index in [1.54, 1.807) is 48.5 Å². The Kier molecular flexibility index (Phi) is 5.38. The third kappa shape index (κ3) is 3.94. The fourth-order valence-corrected chi connectivity index (χ4v) is 2.23. The molecular formula is C19H16FN3O3. The summed E-state index contributed by atoms with van der Waals surface area (Å²) in [4.78, 5) is 15.9. The van der Waals surface area contributed by atoms with Crippen LogP contribution in [0.5, 0.6) is 5.75 Å². The SMILES string of the molecule is C=CCNC(=O)COc1ccccc1-c1noc(-c2ccccc2F)n1. The third-order valence-corrected chi connectivity index (χ3v) is 3.46. The van der Waals surface area contributed by atoms with Gasteiger partial charge in [-0.25, -0.2) is 4.39 Å². The van der Waals surface area contributed by atoms with E-state index < -0.39 is 5.82 Å². The highest BCUT2D eigenvalue weighted by atomic mass is 19.1. The maximum Gasteiger partial charge on any atom is 0.261 e. The molecule has 1 N–H and O–H groups in total. The molecule has 0 aliphatic carbocycles. The van der Waals surface area contributed by atoms with Crippen LogP contribution in [0.1, 0.15) is 0 Å². The molecule has 26 heavy (non-hydrogen) atoms. The molecule has 6 nitrogen and oxygen atoms in total. The number of hydrogen-bond acceptors (Lipinski definition) is 5. The number of benzene rings is 2. The summed E-state index contributed by atoms with van der Waals surface area (Å²) in [5, 5.41) is 6.51. The number of amides is 1. The zero-order valence-electron chi connectivity index (χ0n) is 13.8. The van der Waals surface area contributed by atoms with Crippen molar-refractivity contribution in [3.8, 4) is 28.6 Å². The van der Waals surface area contributed by atoms with Crippen LogP contribution in [0.2, 0.25) is 0 Å². The fraction of sp³-hybridized carbons (Fsp3) is 0.105. The van der Waals surface area contributed by atoms with Crippen LogP contribution in [-0.4, -0.2) is 29.2 Å². The molecule has 1 heterocycles. The Hall–Kier alpha value is -3.48. The van der Waals surface area contributed by atoms with Crippen LogP contribution in [0, 0.1) is 5.82 Å². The number of aromatic nitrogens is 2. The van der Waals surface area contributed by atoms with Crippen LogP contribution >= 0.6 is 0 Å². The van der Waals surface area contributed by atoms with Gasteiger partial charge in [-0.15, -0.1) is 6.58 Å². The van der Waals surface area contributed by atoms with E-state index >= 15 is 0 Å². The molecule has 0 spiro atoms. The van der Waals surface area contributed by atoms with Crippen molar-refractivity contribution in [3.63, 3.8) is 0 Å². The van der Waals surface area contributed by atoms with Crippen molar-refractivity contribution < 1.29 is 18.4 Å². The summed E-state index contributed by atoms with van der Waals surface area (Å²) >= 11 is 0. The van der Waals surface area contributed by atoms with Gasteiger partial charge in [-0.2, -0.15) is 4.98 Å². The average molecular weight is 353 g/mol. The van der Waals surface area contributed by atoms with Crippen molar-refractivity contribution in [2.24, 2.45) is 0 Å². The van der Waals surface area contributed by atoms with E-state index in [1.807, 2.05) is 0 Å². The van der Waals surface area contributed by atoms with Gasteiger partial charge in [-0.1, -0.05) is 35.5 Å². The molecule has 7 heteroatoms. The average Bonchev–Trinajstić information content (AvgIpc) is 3.15. The normalized spacial score (nSPS) is 10.3. The fourth-order valence-electron chi connectivity index (χ4n) is 2.23. The summed E-state index contributed by atoms with van der Waals surface area (Å²) in [6.07, 6.45) is 1.58. The number of halogens is 1. The quantitative estimate of drug-likeness (QED) is 0.660. The van der Waals surface area contributed by atoms with E-state index in [2.05, 4.69) is 22.0 Å².